The van der Waals surface area contributed by atoms with Gasteiger partial charge < -0.3 is 4.98 Å². The van der Waals surface area contributed by atoms with Gasteiger partial charge in [0, 0.05) is 11.8 Å². The van der Waals surface area contributed by atoms with Gasteiger partial charge in [-0.15, -0.1) is 0 Å². The number of aliphatic imine (C=N–C) groups is 1. The molecule has 2 aromatic heterocycles. The third-order valence-corrected chi connectivity index (χ3v) is 2.11. The SMILES string of the molecule is O=C=NCc1c[nH]c2ncnc(Cl)c12. The highest BCUT2D eigenvalue weighted by atomic mass is 35.5. The number of hydrogen-bond donors (Lipinski definition) is 1. The first kappa shape index (κ1) is 8.87. The van der Waals surface area contributed by atoms with E-state index in [0.29, 0.717) is 16.2 Å². The van der Waals surface area contributed by atoms with Crippen LogP contribution in [0.3, 0.4) is 0 Å². The molecular weight excluding hydrogens is 204 g/mol. The van der Waals surface area contributed by atoms with E-state index in [2.05, 4.69) is 19.9 Å². The van der Waals surface area contributed by atoms with Crippen LogP contribution in [0, 0.1) is 0 Å². The molecule has 0 saturated heterocycles. The predicted molar refractivity (Wildman–Crippen MR) is 50.7 cm³/mol. The molecule has 0 aliphatic heterocycles. The molecule has 0 amide bonds. The van der Waals surface area contributed by atoms with E-state index in [-0.39, 0.29) is 6.54 Å². The molecule has 2 rings (SSSR count). The Bertz CT molecular complexity index is 515. The smallest absolute Gasteiger partial charge is 0.235 e. The molecule has 1 N–H and O–H groups in total. The second-order valence-corrected chi connectivity index (χ2v) is 2.97. The Balaban J connectivity index is 2.60. The van der Waals surface area contributed by atoms with Gasteiger partial charge in [0.15, 0.2) is 0 Å². The Morgan fingerprint density at radius 2 is 2.43 bits per heavy atom. The summed E-state index contributed by atoms with van der Waals surface area (Å²) in [7, 11) is 0. The largest absolute Gasteiger partial charge is 0.346 e. The summed E-state index contributed by atoms with van der Waals surface area (Å²) in [6, 6.07) is 0. The van der Waals surface area contributed by atoms with Crippen LogP contribution in [0.5, 0.6) is 0 Å². The zero-order valence-corrected chi connectivity index (χ0v) is 7.75. The first-order chi connectivity index (χ1) is 6.83. The lowest BCUT2D eigenvalue weighted by molar-refractivity contribution is 0.563. The number of nitrogens with one attached hydrogen (secondary N) is 1. The van der Waals surface area contributed by atoms with Gasteiger partial charge in [-0.1, -0.05) is 11.6 Å². The van der Waals surface area contributed by atoms with E-state index in [0.717, 1.165) is 5.56 Å². The van der Waals surface area contributed by atoms with Crippen LogP contribution >= 0.6 is 11.6 Å². The molecule has 5 nitrogen and oxygen atoms in total. The van der Waals surface area contributed by atoms with E-state index in [1.165, 1.54) is 12.4 Å². The average molecular weight is 209 g/mol. The summed E-state index contributed by atoms with van der Waals surface area (Å²) in [5.41, 5.74) is 1.43. The normalized spacial score (nSPS) is 10.1. The Morgan fingerprint density at radius 3 is 3.21 bits per heavy atom. The summed E-state index contributed by atoms with van der Waals surface area (Å²) in [6.07, 6.45) is 4.54. The van der Waals surface area contributed by atoms with E-state index in [1.54, 1.807) is 6.20 Å². The van der Waals surface area contributed by atoms with Crippen LogP contribution in [0.2, 0.25) is 5.15 Å². The topological polar surface area (TPSA) is 71.0 Å². The molecule has 0 atom stereocenters. The molecule has 0 spiro atoms. The van der Waals surface area contributed by atoms with Gasteiger partial charge in [0.25, 0.3) is 0 Å². The van der Waals surface area contributed by atoms with Crippen LogP contribution < -0.4 is 0 Å². The van der Waals surface area contributed by atoms with Gasteiger partial charge in [-0.3, -0.25) is 0 Å². The summed E-state index contributed by atoms with van der Waals surface area (Å²) in [5, 5.41) is 1.06. The summed E-state index contributed by atoms with van der Waals surface area (Å²) in [5.74, 6) is 0. The number of halogens is 1. The van der Waals surface area contributed by atoms with Crippen LogP contribution in [0.4, 0.5) is 0 Å². The van der Waals surface area contributed by atoms with Gasteiger partial charge in [0.1, 0.15) is 17.1 Å². The Labute approximate surface area is 83.9 Å². The molecule has 0 fully saturated rings. The number of H-pyrrole nitrogens is 1. The van der Waals surface area contributed by atoms with Crippen molar-refractivity contribution in [2.45, 2.75) is 6.54 Å². The third-order valence-electron chi connectivity index (χ3n) is 1.82. The number of carbonyl (C=O) groups excluding carboxylic acids is 1. The van der Waals surface area contributed by atoms with Crippen molar-refractivity contribution in [3.05, 3.63) is 23.2 Å². The number of nitrogens with zero attached hydrogens (tertiary/aromatic N) is 3. The van der Waals surface area contributed by atoms with Crippen LogP contribution in [-0.4, -0.2) is 21.0 Å². The van der Waals surface area contributed by atoms with Crippen molar-refractivity contribution in [3.63, 3.8) is 0 Å². The molecule has 0 unspecified atom stereocenters. The van der Waals surface area contributed by atoms with Crippen LogP contribution in [0.15, 0.2) is 17.5 Å². The fourth-order valence-corrected chi connectivity index (χ4v) is 1.48. The van der Waals surface area contributed by atoms with Crippen molar-refractivity contribution in [1.82, 2.24) is 15.0 Å². The second kappa shape index (κ2) is 3.57. The molecule has 0 aromatic carbocycles. The van der Waals surface area contributed by atoms with Gasteiger partial charge in [-0.25, -0.2) is 19.8 Å². The highest BCUT2D eigenvalue weighted by molar-refractivity contribution is 6.34. The van der Waals surface area contributed by atoms with Crippen molar-refractivity contribution in [2.75, 3.05) is 0 Å². The Kier molecular flexibility index (Phi) is 2.26. The van der Waals surface area contributed by atoms with Crippen LogP contribution in [-0.2, 0) is 11.3 Å². The number of fused-ring (bicyclic) bond motifs is 1. The molecule has 0 bridgehead atoms. The number of isocyanates is 1. The maximum absolute atomic E-state index is 9.95. The van der Waals surface area contributed by atoms with E-state index < -0.39 is 0 Å². The third kappa shape index (κ3) is 1.39. The zero-order chi connectivity index (χ0) is 9.97. The maximum Gasteiger partial charge on any atom is 0.235 e. The van der Waals surface area contributed by atoms with E-state index in [1.807, 2.05) is 0 Å². The second-order valence-electron chi connectivity index (χ2n) is 2.61. The standard InChI is InChI=1S/C8H5ClN4O/c9-7-6-5(1-10-4-14)2-11-8(6)13-3-12-7/h2-3H,1H2,(H,11,12,13). The molecule has 2 heterocycles. The van der Waals surface area contributed by atoms with E-state index in [4.69, 9.17) is 11.6 Å². The molecule has 0 radical (unpaired) electrons. The highest BCUT2D eigenvalue weighted by Crippen LogP contribution is 2.23. The average Bonchev–Trinajstić information content (AvgIpc) is 2.59. The number of hydrogen-bond acceptors (Lipinski definition) is 4. The van der Waals surface area contributed by atoms with Gasteiger partial charge in [0.05, 0.1) is 11.9 Å². The van der Waals surface area contributed by atoms with E-state index in [9.17, 15) is 4.79 Å². The van der Waals surface area contributed by atoms with Crippen molar-refractivity contribution >= 4 is 28.7 Å². The molecule has 0 aliphatic rings. The number of rotatable bonds is 2. The first-order valence-corrected chi connectivity index (χ1v) is 4.21. The summed E-state index contributed by atoms with van der Waals surface area (Å²) in [6.45, 7) is 0.233. The molecule has 0 aliphatic carbocycles. The first-order valence-electron chi connectivity index (χ1n) is 3.83. The molecule has 2 aromatic rings. The summed E-state index contributed by atoms with van der Waals surface area (Å²) >= 11 is 5.87. The highest BCUT2D eigenvalue weighted by Gasteiger charge is 2.08. The molecule has 0 saturated carbocycles. The quantitative estimate of drug-likeness (QED) is 0.461. The van der Waals surface area contributed by atoms with Crippen LogP contribution in [0.25, 0.3) is 11.0 Å². The molecule has 14 heavy (non-hydrogen) atoms. The Morgan fingerprint density at radius 1 is 1.57 bits per heavy atom. The van der Waals surface area contributed by atoms with Crippen LogP contribution in [0.1, 0.15) is 5.56 Å². The molecular formula is C8H5ClN4O. The predicted octanol–water partition coefficient (Wildman–Crippen LogP) is 1.45. The minimum atomic E-state index is 0.233. The lowest BCUT2D eigenvalue weighted by Crippen LogP contribution is -1.83. The maximum atomic E-state index is 9.95. The van der Waals surface area contributed by atoms with Gasteiger partial charge >= 0.3 is 0 Å². The van der Waals surface area contributed by atoms with Crippen molar-refractivity contribution in [3.8, 4) is 0 Å². The summed E-state index contributed by atoms with van der Waals surface area (Å²) in [4.78, 5) is 24.2. The number of aromatic amines is 1. The Hall–Kier alpha value is -1.71. The zero-order valence-electron chi connectivity index (χ0n) is 6.99. The lowest BCUT2D eigenvalue weighted by atomic mass is 10.2. The number of aromatic nitrogens is 3. The fourth-order valence-electron chi connectivity index (χ4n) is 1.23. The monoisotopic (exact) mass is 208 g/mol. The minimum absolute atomic E-state index is 0.233. The minimum Gasteiger partial charge on any atom is -0.346 e. The lowest BCUT2D eigenvalue weighted by Gasteiger charge is -1.93. The summed E-state index contributed by atoms with van der Waals surface area (Å²) < 4.78 is 0. The van der Waals surface area contributed by atoms with Crippen molar-refractivity contribution in [2.24, 2.45) is 4.99 Å². The van der Waals surface area contributed by atoms with Crippen molar-refractivity contribution in [1.29, 1.82) is 0 Å². The molecule has 70 valence electrons. The van der Waals surface area contributed by atoms with Crippen molar-refractivity contribution < 1.29 is 4.79 Å². The fraction of sp³-hybridized carbons (Fsp3) is 0.125. The van der Waals surface area contributed by atoms with Gasteiger partial charge in [-0.05, 0) is 0 Å². The van der Waals surface area contributed by atoms with E-state index >= 15 is 0 Å². The molecule has 6 heteroatoms. The van der Waals surface area contributed by atoms with Gasteiger partial charge in [0.2, 0.25) is 6.08 Å². The van der Waals surface area contributed by atoms with Gasteiger partial charge in [-0.2, -0.15) is 0 Å².